The van der Waals surface area contributed by atoms with Crippen LogP contribution in [0.15, 0.2) is 0 Å². The summed E-state index contributed by atoms with van der Waals surface area (Å²) in [7, 11) is 0. The number of rotatable bonds is 4. The van der Waals surface area contributed by atoms with E-state index in [1.54, 1.807) is 0 Å². The van der Waals surface area contributed by atoms with E-state index in [9.17, 15) is 0 Å². The van der Waals surface area contributed by atoms with Gasteiger partial charge in [0.25, 0.3) is 0 Å². The average molecular weight is 253 g/mol. The first-order valence-corrected chi connectivity index (χ1v) is 7.72. The lowest BCUT2D eigenvalue weighted by Crippen LogP contribution is -2.50. The molecule has 1 N–H and O–H groups in total. The van der Waals surface area contributed by atoms with Gasteiger partial charge in [0.05, 0.1) is 5.60 Å². The van der Waals surface area contributed by atoms with Crippen LogP contribution in [0.3, 0.4) is 0 Å². The number of ether oxygens (including phenoxy) is 2. The summed E-state index contributed by atoms with van der Waals surface area (Å²) >= 11 is 0. The molecule has 2 aliphatic heterocycles. The van der Waals surface area contributed by atoms with Crippen LogP contribution in [0.1, 0.15) is 45.4 Å². The van der Waals surface area contributed by atoms with Crippen molar-refractivity contribution in [1.29, 1.82) is 0 Å². The van der Waals surface area contributed by atoms with Crippen molar-refractivity contribution in [3.05, 3.63) is 0 Å². The highest BCUT2D eigenvalue weighted by Crippen LogP contribution is 2.37. The number of hydrogen-bond donors (Lipinski definition) is 1. The van der Waals surface area contributed by atoms with E-state index in [1.807, 2.05) is 0 Å². The monoisotopic (exact) mass is 253 g/mol. The van der Waals surface area contributed by atoms with E-state index in [0.717, 1.165) is 44.5 Å². The topological polar surface area (TPSA) is 30.5 Å². The molecule has 1 spiro atoms. The molecule has 18 heavy (non-hydrogen) atoms. The molecule has 0 aromatic heterocycles. The highest BCUT2D eigenvalue weighted by Gasteiger charge is 2.39. The fourth-order valence-corrected chi connectivity index (χ4v) is 3.48. The molecule has 2 heterocycles. The van der Waals surface area contributed by atoms with E-state index >= 15 is 0 Å². The van der Waals surface area contributed by atoms with Gasteiger partial charge in [-0.3, -0.25) is 0 Å². The van der Waals surface area contributed by atoms with Crippen LogP contribution in [0, 0.1) is 11.8 Å². The summed E-state index contributed by atoms with van der Waals surface area (Å²) in [5.74, 6) is 1.87. The molecule has 3 rings (SSSR count). The molecule has 3 fully saturated rings. The Balaban J connectivity index is 1.47. The van der Waals surface area contributed by atoms with Crippen molar-refractivity contribution >= 4 is 0 Å². The first-order valence-electron chi connectivity index (χ1n) is 7.72. The normalized spacial score (nSPS) is 33.5. The largest absolute Gasteiger partial charge is 0.381 e. The quantitative estimate of drug-likeness (QED) is 0.834. The van der Waals surface area contributed by atoms with Gasteiger partial charge in [0.2, 0.25) is 0 Å². The Hall–Kier alpha value is -0.120. The van der Waals surface area contributed by atoms with Crippen molar-refractivity contribution in [3.63, 3.8) is 0 Å². The van der Waals surface area contributed by atoms with E-state index in [0.29, 0.717) is 6.04 Å². The van der Waals surface area contributed by atoms with E-state index in [-0.39, 0.29) is 5.60 Å². The van der Waals surface area contributed by atoms with Gasteiger partial charge in [-0.2, -0.15) is 0 Å². The van der Waals surface area contributed by atoms with Crippen LogP contribution >= 0.6 is 0 Å². The molecule has 3 heteroatoms. The van der Waals surface area contributed by atoms with Gasteiger partial charge in [0.15, 0.2) is 0 Å². The number of hydrogen-bond acceptors (Lipinski definition) is 3. The SMILES string of the molecule is CC(CNC1CCOC2(CCOCC2)C1)C1CC1. The molecule has 1 saturated carbocycles. The number of nitrogens with one attached hydrogen (secondary N) is 1. The van der Waals surface area contributed by atoms with Crippen molar-refractivity contribution in [2.45, 2.75) is 57.1 Å². The molecule has 2 unspecified atom stereocenters. The van der Waals surface area contributed by atoms with Gasteiger partial charge in [0, 0.05) is 25.9 Å². The molecule has 0 aromatic rings. The fraction of sp³-hybridized carbons (Fsp3) is 1.00. The second kappa shape index (κ2) is 5.48. The molecule has 0 amide bonds. The predicted molar refractivity (Wildman–Crippen MR) is 71.6 cm³/mol. The van der Waals surface area contributed by atoms with Crippen LogP contribution in [0.5, 0.6) is 0 Å². The fourth-order valence-electron chi connectivity index (χ4n) is 3.48. The van der Waals surface area contributed by atoms with Gasteiger partial charge >= 0.3 is 0 Å². The van der Waals surface area contributed by atoms with Crippen LogP contribution in [-0.2, 0) is 9.47 Å². The second-order valence-electron chi connectivity index (χ2n) is 6.56. The molecule has 0 bridgehead atoms. The summed E-state index contributed by atoms with van der Waals surface area (Å²) in [6, 6.07) is 0.665. The third-order valence-electron chi connectivity index (χ3n) is 5.05. The first-order chi connectivity index (χ1) is 8.77. The summed E-state index contributed by atoms with van der Waals surface area (Å²) in [6.45, 7) is 6.28. The average Bonchev–Trinajstić information content (AvgIpc) is 3.21. The third kappa shape index (κ3) is 3.06. The molecule has 2 atom stereocenters. The van der Waals surface area contributed by atoms with Gasteiger partial charge in [-0.25, -0.2) is 0 Å². The lowest BCUT2D eigenvalue weighted by atomic mass is 9.84. The maximum atomic E-state index is 6.08. The Morgan fingerprint density at radius 3 is 2.67 bits per heavy atom. The van der Waals surface area contributed by atoms with E-state index in [2.05, 4.69) is 12.2 Å². The van der Waals surface area contributed by atoms with Crippen molar-refractivity contribution in [1.82, 2.24) is 5.32 Å². The van der Waals surface area contributed by atoms with Crippen LogP contribution in [0.2, 0.25) is 0 Å². The maximum Gasteiger partial charge on any atom is 0.0741 e. The summed E-state index contributed by atoms with van der Waals surface area (Å²) in [4.78, 5) is 0. The van der Waals surface area contributed by atoms with Crippen molar-refractivity contribution in [3.8, 4) is 0 Å². The van der Waals surface area contributed by atoms with E-state index < -0.39 is 0 Å². The lowest BCUT2D eigenvalue weighted by molar-refractivity contribution is -0.140. The lowest BCUT2D eigenvalue weighted by Gasteiger charge is -2.43. The molecular formula is C15H27NO2. The second-order valence-corrected chi connectivity index (χ2v) is 6.56. The smallest absolute Gasteiger partial charge is 0.0741 e. The zero-order valence-corrected chi connectivity index (χ0v) is 11.6. The minimum atomic E-state index is 0.136. The molecule has 1 aliphatic carbocycles. The summed E-state index contributed by atoms with van der Waals surface area (Å²) in [5.41, 5.74) is 0.136. The van der Waals surface area contributed by atoms with Crippen molar-refractivity contribution < 1.29 is 9.47 Å². The van der Waals surface area contributed by atoms with E-state index in [1.165, 1.54) is 32.2 Å². The molecule has 3 aliphatic rings. The van der Waals surface area contributed by atoms with Gasteiger partial charge in [-0.1, -0.05) is 6.92 Å². The summed E-state index contributed by atoms with van der Waals surface area (Å²) in [6.07, 6.45) is 7.45. The third-order valence-corrected chi connectivity index (χ3v) is 5.05. The minimum Gasteiger partial charge on any atom is -0.381 e. The summed E-state index contributed by atoms with van der Waals surface area (Å²) in [5, 5.41) is 3.79. The van der Waals surface area contributed by atoms with Crippen molar-refractivity contribution in [2.24, 2.45) is 11.8 Å². The molecular weight excluding hydrogens is 226 g/mol. The van der Waals surface area contributed by atoms with Crippen LogP contribution in [-0.4, -0.2) is 38.0 Å². The van der Waals surface area contributed by atoms with Gasteiger partial charge in [-0.15, -0.1) is 0 Å². The van der Waals surface area contributed by atoms with Crippen LogP contribution in [0.25, 0.3) is 0 Å². The Kier molecular flexibility index (Phi) is 3.92. The maximum absolute atomic E-state index is 6.08. The van der Waals surface area contributed by atoms with Gasteiger partial charge in [0.1, 0.15) is 0 Å². The highest BCUT2D eigenvalue weighted by molar-refractivity contribution is 4.92. The molecule has 2 saturated heterocycles. The Morgan fingerprint density at radius 1 is 1.17 bits per heavy atom. The molecule has 0 aromatic carbocycles. The highest BCUT2D eigenvalue weighted by atomic mass is 16.5. The Bertz CT molecular complexity index is 266. The van der Waals surface area contributed by atoms with Crippen LogP contribution < -0.4 is 5.32 Å². The van der Waals surface area contributed by atoms with Gasteiger partial charge in [-0.05, 0) is 56.9 Å². The summed E-state index contributed by atoms with van der Waals surface area (Å²) < 4.78 is 11.6. The molecule has 0 radical (unpaired) electrons. The zero-order chi connectivity index (χ0) is 12.4. The molecule has 104 valence electrons. The van der Waals surface area contributed by atoms with E-state index in [4.69, 9.17) is 9.47 Å². The molecule has 3 nitrogen and oxygen atoms in total. The zero-order valence-electron chi connectivity index (χ0n) is 11.6. The van der Waals surface area contributed by atoms with Gasteiger partial charge < -0.3 is 14.8 Å². The van der Waals surface area contributed by atoms with Crippen molar-refractivity contribution in [2.75, 3.05) is 26.4 Å². The Labute approximate surface area is 111 Å². The first kappa shape index (κ1) is 12.9. The predicted octanol–water partition coefficient (Wildman–Crippen LogP) is 2.35. The van der Waals surface area contributed by atoms with Crippen LogP contribution in [0.4, 0.5) is 0 Å². The minimum absolute atomic E-state index is 0.136. The standard InChI is InChI=1S/C15H27NO2/c1-12(13-2-3-13)11-16-14-4-7-18-15(10-14)5-8-17-9-6-15/h12-14,16H,2-11H2,1H3. The Morgan fingerprint density at radius 2 is 1.94 bits per heavy atom.